The summed E-state index contributed by atoms with van der Waals surface area (Å²) in [5, 5.41) is 9.31. The maximum atomic E-state index is 13.1. The molecule has 0 spiro atoms. The van der Waals surface area contributed by atoms with E-state index in [0.29, 0.717) is 12.0 Å². The number of anilines is 2. The smallest absolute Gasteiger partial charge is 0.335 e. The van der Waals surface area contributed by atoms with Gasteiger partial charge in [-0.05, 0) is 101 Å². The highest BCUT2D eigenvalue weighted by Gasteiger charge is 2.42. The maximum absolute atomic E-state index is 13.1. The van der Waals surface area contributed by atoms with Crippen LogP contribution < -0.4 is 4.90 Å². The van der Waals surface area contributed by atoms with Crippen LogP contribution in [0.5, 0.6) is 0 Å². The molecule has 5 nitrogen and oxygen atoms in total. The summed E-state index contributed by atoms with van der Waals surface area (Å²) in [7, 11) is 0. The second-order valence-corrected chi connectivity index (χ2v) is 11.3. The molecule has 5 heteroatoms. The number of benzene rings is 4. The van der Waals surface area contributed by atoms with Crippen LogP contribution in [-0.4, -0.2) is 28.7 Å². The maximum Gasteiger partial charge on any atom is 0.335 e. The average molecular weight is 524 g/mol. The third-order valence-electron chi connectivity index (χ3n) is 9.14. The van der Waals surface area contributed by atoms with Crippen molar-refractivity contribution in [3.63, 3.8) is 0 Å². The first kappa shape index (κ1) is 23.1. The first-order valence-electron chi connectivity index (χ1n) is 13.8. The SMILES string of the molecule is O=C(O)c1ccc2c(c1)C(=O)/C(=C/c1ccc3c(c1)C1CCCC1N3c1ccc3c(c1)-c1ccccc1C3)C2=O. The minimum absolute atomic E-state index is 0.00101. The molecule has 2 atom stereocenters. The van der Waals surface area contributed by atoms with Gasteiger partial charge in [-0.2, -0.15) is 0 Å². The number of allylic oxidation sites excluding steroid dienone is 1. The second-order valence-electron chi connectivity index (χ2n) is 11.3. The number of Topliss-reactive ketones (excluding diaryl/α,β-unsaturated/α-hetero) is 2. The standard InChI is InChI=1S/C35H25NO4/c37-33-26-12-10-22(35(39)40)17-29(26)34(38)30(33)15-19-8-13-32-28(14-19)25-6-3-7-31(25)36(32)23-11-9-21-16-20-4-1-2-5-24(20)27(21)18-23/h1-2,4-5,8-15,17-18,25,31H,3,6-7,16H2,(H,39,40)/b30-15+. The van der Waals surface area contributed by atoms with Gasteiger partial charge in [0.05, 0.1) is 11.1 Å². The van der Waals surface area contributed by atoms with Gasteiger partial charge in [0.1, 0.15) is 0 Å². The van der Waals surface area contributed by atoms with Gasteiger partial charge >= 0.3 is 5.97 Å². The molecule has 194 valence electrons. The number of carbonyl (C=O) groups excluding carboxylic acids is 2. The fourth-order valence-corrected chi connectivity index (χ4v) is 7.32. The van der Waals surface area contributed by atoms with Crippen molar-refractivity contribution in [2.75, 3.05) is 4.90 Å². The Morgan fingerprint density at radius 3 is 2.50 bits per heavy atom. The Bertz CT molecular complexity index is 1850. The summed E-state index contributed by atoms with van der Waals surface area (Å²) in [5.74, 6) is -1.49. The number of carbonyl (C=O) groups is 3. The first-order chi connectivity index (χ1) is 19.5. The number of fused-ring (bicyclic) bond motifs is 7. The molecule has 0 amide bonds. The van der Waals surface area contributed by atoms with Crippen molar-refractivity contribution >= 4 is 35.0 Å². The molecule has 4 aromatic rings. The van der Waals surface area contributed by atoms with Gasteiger partial charge in [-0.15, -0.1) is 0 Å². The molecule has 8 rings (SSSR count). The number of hydrogen-bond acceptors (Lipinski definition) is 4. The van der Waals surface area contributed by atoms with Crippen LogP contribution in [0, 0.1) is 0 Å². The molecule has 0 saturated heterocycles. The molecule has 1 N–H and O–H groups in total. The quantitative estimate of drug-likeness (QED) is 0.200. The number of rotatable bonds is 3. The topological polar surface area (TPSA) is 74.7 Å². The summed E-state index contributed by atoms with van der Waals surface area (Å²) >= 11 is 0. The molecular formula is C35H25NO4. The number of carboxylic acids is 1. The van der Waals surface area contributed by atoms with Gasteiger partial charge in [0, 0.05) is 34.5 Å². The summed E-state index contributed by atoms with van der Waals surface area (Å²) in [6, 6.07) is 26.3. The number of nitrogens with zero attached hydrogens (tertiary/aromatic N) is 1. The van der Waals surface area contributed by atoms with Gasteiger partial charge < -0.3 is 10.0 Å². The van der Waals surface area contributed by atoms with E-state index in [4.69, 9.17) is 0 Å². The highest BCUT2D eigenvalue weighted by atomic mass is 16.4. The monoisotopic (exact) mass is 523 g/mol. The molecular weight excluding hydrogens is 498 g/mol. The molecule has 40 heavy (non-hydrogen) atoms. The molecule has 1 saturated carbocycles. The molecule has 1 fully saturated rings. The number of carboxylic acid groups (broad SMARTS) is 1. The Kier molecular flexibility index (Phi) is 4.84. The van der Waals surface area contributed by atoms with Gasteiger partial charge in [0.25, 0.3) is 0 Å². The average Bonchev–Trinajstić information content (AvgIpc) is 3.71. The van der Waals surface area contributed by atoms with Crippen LogP contribution in [0.15, 0.2) is 84.4 Å². The van der Waals surface area contributed by atoms with Crippen molar-refractivity contribution in [2.45, 2.75) is 37.6 Å². The zero-order chi connectivity index (χ0) is 27.1. The van der Waals surface area contributed by atoms with Crippen molar-refractivity contribution < 1.29 is 19.5 Å². The van der Waals surface area contributed by atoms with E-state index in [1.807, 2.05) is 6.07 Å². The minimum Gasteiger partial charge on any atom is -0.478 e. The van der Waals surface area contributed by atoms with Gasteiger partial charge in [-0.3, -0.25) is 9.59 Å². The van der Waals surface area contributed by atoms with E-state index < -0.39 is 11.8 Å². The highest BCUT2D eigenvalue weighted by molar-refractivity contribution is 6.41. The van der Waals surface area contributed by atoms with E-state index in [1.54, 1.807) is 6.08 Å². The molecule has 0 aromatic heterocycles. The summed E-state index contributed by atoms with van der Waals surface area (Å²) < 4.78 is 0. The number of aromatic carboxylic acids is 1. The Morgan fingerprint density at radius 2 is 1.62 bits per heavy atom. The van der Waals surface area contributed by atoms with Crippen LogP contribution in [0.1, 0.15) is 78.5 Å². The van der Waals surface area contributed by atoms with Gasteiger partial charge in [0.2, 0.25) is 0 Å². The van der Waals surface area contributed by atoms with E-state index in [-0.39, 0.29) is 28.0 Å². The van der Waals surface area contributed by atoms with Crippen molar-refractivity contribution in [3.05, 3.63) is 123 Å². The number of ketones is 2. The Morgan fingerprint density at radius 1 is 0.800 bits per heavy atom. The lowest BCUT2D eigenvalue weighted by molar-refractivity contribution is 0.0696. The van der Waals surface area contributed by atoms with Crippen LogP contribution in [0.2, 0.25) is 0 Å². The van der Waals surface area contributed by atoms with Crippen LogP contribution >= 0.6 is 0 Å². The Hall–Kier alpha value is -4.77. The van der Waals surface area contributed by atoms with Crippen molar-refractivity contribution in [3.8, 4) is 11.1 Å². The summed E-state index contributed by atoms with van der Waals surface area (Å²) in [4.78, 5) is 40.1. The molecule has 1 heterocycles. The van der Waals surface area contributed by atoms with Crippen LogP contribution in [0.4, 0.5) is 11.4 Å². The molecule has 4 aromatic carbocycles. The van der Waals surface area contributed by atoms with E-state index in [9.17, 15) is 19.5 Å². The first-order valence-corrected chi connectivity index (χ1v) is 13.8. The normalized spacial score (nSPS) is 20.9. The fraction of sp³-hybridized carbons (Fsp3) is 0.171. The lowest BCUT2D eigenvalue weighted by Gasteiger charge is -2.28. The van der Waals surface area contributed by atoms with E-state index in [1.165, 1.54) is 63.8 Å². The van der Waals surface area contributed by atoms with E-state index >= 15 is 0 Å². The van der Waals surface area contributed by atoms with E-state index in [2.05, 4.69) is 59.5 Å². The van der Waals surface area contributed by atoms with Crippen molar-refractivity contribution in [1.29, 1.82) is 0 Å². The summed E-state index contributed by atoms with van der Waals surface area (Å²) in [6.07, 6.45) is 6.06. The van der Waals surface area contributed by atoms with Crippen LogP contribution in [0.25, 0.3) is 17.2 Å². The zero-order valence-corrected chi connectivity index (χ0v) is 21.7. The largest absolute Gasteiger partial charge is 0.478 e. The highest BCUT2D eigenvalue weighted by Crippen LogP contribution is 2.53. The predicted octanol–water partition coefficient (Wildman–Crippen LogP) is 7.21. The molecule has 4 aliphatic rings. The van der Waals surface area contributed by atoms with Crippen molar-refractivity contribution in [1.82, 2.24) is 0 Å². The third kappa shape index (κ3) is 3.24. The third-order valence-corrected chi connectivity index (χ3v) is 9.14. The number of hydrogen-bond donors (Lipinski definition) is 1. The second kappa shape index (κ2) is 8.36. The van der Waals surface area contributed by atoms with Crippen LogP contribution in [0.3, 0.4) is 0 Å². The van der Waals surface area contributed by atoms with Crippen molar-refractivity contribution in [2.24, 2.45) is 0 Å². The Labute approximate surface area is 231 Å². The van der Waals surface area contributed by atoms with Gasteiger partial charge in [-0.25, -0.2) is 4.79 Å². The molecule has 3 aliphatic carbocycles. The Balaban J connectivity index is 1.17. The van der Waals surface area contributed by atoms with Crippen LogP contribution in [-0.2, 0) is 6.42 Å². The fourth-order valence-electron chi connectivity index (χ4n) is 7.32. The molecule has 0 bridgehead atoms. The molecule has 2 unspecified atom stereocenters. The lowest BCUT2D eigenvalue weighted by Crippen LogP contribution is -2.26. The molecule has 0 radical (unpaired) electrons. The van der Waals surface area contributed by atoms with Gasteiger partial charge in [-0.1, -0.05) is 42.8 Å². The summed E-state index contributed by atoms with van der Waals surface area (Å²) in [5.41, 5.74) is 10.4. The zero-order valence-electron chi connectivity index (χ0n) is 21.7. The predicted molar refractivity (Wildman–Crippen MR) is 154 cm³/mol. The van der Waals surface area contributed by atoms with Gasteiger partial charge in [0.15, 0.2) is 11.6 Å². The minimum atomic E-state index is -1.12. The van der Waals surface area contributed by atoms with E-state index in [0.717, 1.165) is 24.8 Å². The summed E-state index contributed by atoms with van der Waals surface area (Å²) in [6.45, 7) is 0. The molecule has 1 aliphatic heterocycles. The lowest BCUT2D eigenvalue weighted by atomic mass is 9.95.